The second kappa shape index (κ2) is 7.63. The van der Waals surface area contributed by atoms with E-state index < -0.39 is 26.6 Å². The molecule has 0 spiro atoms. The summed E-state index contributed by atoms with van der Waals surface area (Å²) in [7, 11) is -2.63. The van der Waals surface area contributed by atoms with Crippen LogP contribution in [0.15, 0.2) is 47.4 Å². The molecule has 0 bridgehead atoms. The number of methoxy groups -OCH3 is 1. The maximum Gasteiger partial charge on any atom is 0.254 e. The summed E-state index contributed by atoms with van der Waals surface area (Å²) in [5, 5.41) is 8.21. The van der Waals surface area contributed by atoms with E-state index in [1.54, 1.807) is 12.0 Å². The maximum atomic E-state index is 14.2. The third kappa shape index (κ3) is 3.95. The summed E-state index contributed by atoms with van der Waals surface area (Å²) < 4.78 is 42.3. The number of benzene rings is 2. The number of nitrogens with one attached hydrogen (secondary N) is 1. The summed E-state index contributed by atoms with van der Waals surface area (Å²) in [4.78, 5) is 14.0. The average Bonchev–Trinajstić information content (AvgIpc) is 2.66. The Bertz CT molecular complexity index is 965. The van der Waals surface area contributed by atoms with Crippen LogP contribution in [0.4, 0.5) is 4.39 Å². The van der Waals surface area contributed by atoms with Crippen LogP contribution in [0, 0.1) is 5.82 Å². The fourth-order valence-corrected chi connectivity index (χ4v) is 3.79. The zero-order valence-corrected chi connectivity index (χ0v) is 15.5. The van der Waals surface area contributed by atoms with E-state index in [0.29, 0.717) is 25.4 Å². The SMILES string of the molecule is COc1ccccc1C1CNCCN1C(=O)c1ccc(S(N)(=O)=O)c(F)c1. The first kappa shape index (κ1) is 19.3. The lowest BCUT2D eigenvalue weighted by molar-refractivity contribution is 0.0631. The van der Waals surface area contributed by atoms with E-state index >= 15 is 0 Å². The highest BCUT2D eigenvalue weighted by atomic mass is 32.2. The highest BCUT2D eigenvalue weighted by molar-refractivity contribution is 7.89. The monoisotopic (exact) mass is 393 g/mol. The van der Waals surface area contributed by atoms with Gasteiger partial charge in [-0.25, -0.2) is 17.9 Å². The summed E-state index contributed by atoms with van der Waals surface area (Å²) in [6.07, 6.45) is 0. The van der Waals surface area contributed by atoms with Crippen LogP contribution in [-0.4, -0.2) is 46.0 Å². The topological polar surface area (TPSA) is 102 Å². The van der Waals surface area contributed by atoms with E-state index in [4.69, 9.17) is 9.88 Å². The number of halogens is 1. The number of carbonyl (C=O) groups excluding carboxylic acids is 1. The van der Waals surface area contributed by atoms with Crippen LogP contribution >= 0.6 is 0 Å². The molecule has 144 valence electrons. The maximum absolute atomic E-state index is 14.2. The fraction of sp³-hybridized carbons (Fsp3) is 0.278. The van der Waals surface area contributed by atoms with Gasteiger partial charge in [0.15, 0.2) is 0 Å². The van der Waals surface area contributed by atoms with Crippen LogP contribution in [0.5, 0.6) is 5.75 Å². The molecule has 2 aromatic carbocycles. The first-order chi connectivity index (χ1) is 12.8. The highest BCUT2D eigenvalue weighted by Crippen LogP contribution is 2.31. The average molecular weight is 393 g/mol. The van der Waals surface area contributed by atoms with E-state index in [2.05, 4.69) is 5.32 Å². The summed E-state index contributed by atoms with van der Waals surface area (Å²) in [5.41, 5.74) is 0.892. The Hall–Kier alpha value is -2.49. The van der Waals surface area contributed by atoms with Gasteiger partial charge >= 0.3 is 0 Å². The van der Waals surface area contributed by atoms with Crippen molar-refractivity contribution in [3.8, 4) is 5.75 Å². The Morgan fingerprint density at radius 3 is 2.70 bits per heavy atom. The number of para-hydroxylation sites is 1. The van der Waals surface area contributed by atoms with E-state index in [1.165, 1.54) is 6.07 Å². The number of ether oxygens (including phenoxy) is 1. The Balaban J connectivity index is 1.96. The van der Waals surface area contributed by atoms with Crippen LogP contribution in [0.2, 0.25) is 0 Å². The lowest BCUT2D eigenvalue weighted by Gasteiger charge is -2.37. The number of hydrogen-bond donors (Lipinski definition) is 2. The molecule has 9 heteroatoms. The van der Waals surface area contributed by atoms with Crippen LogP contribution in [0.1, 0.15) is 22.0 Å². The van der Waals surface area contributed by atoms with Crippen molar-refractivity contribution in [3.63, 3.8) is 0 Å². The molecule has 0 saturated carbocycles. The van der Waals surface area contributed by atoms with Gasteiger partial charge in [0.25, 0.3) is 5.91 Å². The predicted molar refractivity (Wildman–Crippen MR) is 97.4 cm³/mol. The summed E-state index contributed by atoms with van der Waals surface area (Å²) >= 11 is 0. The molecule has 2 aromatic rings. The van der Waals surface area contributed by atoms with E-state index in [1.807, 2.05) is 24.3 Å². The van der Waals surface area contributed by atoms with E-state index in [-0.39, 0.29) is 11.6 Å². The second-order valence-electron chi connectivity index (χ2n) is 6.15. The number of amides is 1. The number of piperazine rings is 1. The molecule has 1 amide bonds. The van der Waals surface area contributed by atoms with Gasteiger partial charge in [0.1, 0.15) is 16.5 Å². The van der Waals surface area contributed by atoms with Crippen molar-refractivity contribution >= 4 is 15.9 Å². The highest BCUT2D eigenvalue weighted by Gasteiger charge is 2.31. The normalized spacial score (nSPS) is 17.6. The van der Waals surface area contributed by atoms with Crippen molar-refractivity contribution < 1.29 is 22.3 Å². The van der Waals surface area contributed by atoms with Crippen LogP contribution < -0.4 is 15.2 Å². The van der Waals surface area contributed by atoms with Crippen LogP contribution in [0.3, 0.4) is 0 Å². The van der Waals surface area contributed by atoms with Crippen molar-refractivity contribution in [1.29, 1.82) is 0 Å². The number of hydrogen-bond acceptors (Lipinski definition) is 5. The Morgan fingerprint density at radius 1 is 1.30 bits per heavy atom. The fourth-order valence-electron chi connectivity index (χ4n) is 3.20. The molecular weight excluding hydrogens is 373 g/mol. The first-order valence-electron chi connectivity index (χ1n) is 8.30. The number of sulfonamides is 1. The molecule has 1 aliphatic heterocycles. The minimum atomic E-state index is -4.19. The molecule has 0 radical (unpaired) electrons. The van der Waals surface area contributed by atoms with Crippen molar-refractivity contribution in [3.05, 3.63) is 59.4 Å². The van der Waals surface area contributed by atoms with Gasteiger partial charge in [0, 0.05) is 30.8 Å². The molecule has 3 rings (SSSR count). The van der Waals surface area contributed by atoms with Gasteiger partial charge in [0.05, 0.1) is 13.2 Å². The molecule has 1 atom stereocenters. The molecule has 0 aliphatic carbocycles. The summed E-state index contributed by atoms with van der Waals surface area (Å²) in [6, 6.07) is 10.3. The van der Waals surface area contributed by atoms with Gasteiger partial charge in [0.2, 0.25) is 10.0 Å². The van der Waals surface area contributed by atoms with E-state index in [9.17, 15) is 17.6 Å². The smallest absolute Gasteiger partial charge is 0.254 e. The zero-order chi connectivity index (χ0) is 19.6. The van der Waals surface area contributed by atoms with Gasteiger partial charge in [-0.05, 0) is 24.3 Å². The summed E-state index contributed by atoms with van der Waals surface area (Å²) in [5.74, 6) is -0.792. The lowest BCUT2D eigenvalue weighted by atomic mass is 10.0. The van der Waals surface area contributed by atoms with E-state index in [0.717, 1.165) is 17.7 Å². The third-order valence-electron chi connectivity index (χ3n) is 4.49. The largest absolute Gasteiger partial charge is 0.496 e. The van der Waals surface area contributed by atoms with Crippen LogP contribution in [0.25, 0.3) is 0 Å². The van der Waals surface area contributed by atoms with Crippen LogP contribution in [-0.2, 0) is 10.0 Å². The standard InChI is InChI=1S/C18H20FN3O4S/c1-26-16-5-3-2-4-13(16)15-11-21-8-9-22(15)18(23)12-6-7-17(14(19)10-12)27(20,24)25/h2-7,10,15,21H,8-9,11H2,1H3,(H2,20,24,25). The molecule has 7 nitrogen and oxygen atoms in total. The van der Waals surface area contributed by atoms with Crippen molar-refractivity contribution in [2.24, 2.45) is 5.14 Å². The molecule has 1 saturated heterocycles. The number of primary sulfonamides is 1. The Morgan fingerprint density at radius 2 is 2.04 bits per heavy atom. The number of nitrogens with zero attached hydrogens (tertiary/aromatic N) is 1. The predicted octanol–water partition coefficient (Wildman–Crippen LogP) is 1.27. The van der Waals surface area contributed by atoms with Gasteiger partial charge < -0.3 is 15.0 Å². The molecule has 1 aliphatic rings. The molecule has 3 N–H and O–H groups in total. The van der Waals surface area contributed by atoms with Crippen molar-refractivity contribution in [2.45, 2.75) is 10.9 Å². The summed E-state index contributed by atoms with van der Waals surface area (Å²) in [6.45, 7) is 1.53. The minimum Gasteiger partial charge on any atom is -0.496 e. The van der Waals surface area contributed by atoms with Gasteiger partial charge in [-0.1, -0.05) is 18.2 Å². The molecule has 1 unspecified atom stereocenters. The second-order valence-corrected chi connectivity index (χ2v) is 7.68. The van der Waals surface area contributed by atoms with Gasteiger partial charge in [-0.2, -0.15) is 0 Å². The van der Waals surface area contributed by atoms with Gasteiger partial charge in [-0.15, -0.1) is 0 Å². The quantitative estimate of drug-likeness (QED) is 0.815. The number of carbonyl (C=O) groups is 1. The lowest BCUT2D eigenvalue weighted by Crippen LogP contribution is -2.48. The van der Waals surface area contributed by atoms with Crippen molar-refractivity contribution in [2.75, 3.05) is 26.7 Å². The van der Waals surface area contributed by atoms with Gasteiger partial charge in [-0.3, -0.25) is 4.79 Å². The molecular formula is C18H20FN3O4S. The Labute approximate surface area is 157 Å². The minimum absolute atomic E-state index is 0.0571. The van der Waals surface area contributed by atoms with Crippen molar-refractivity contribution in [1.82, 2.24) is 10.2 Å². The zero-order valence-electron chi connectivity index (χ0n) is 14.7. The molecule has 1 fully saturated rings. The number of rotatable bonds is 4. The Kier molecular flexibility index (Phi) is 5.45. The number of nitrogens with two attached hydrogens (primary N) is 1. The molecule has 0 aromatic heterocycles. The molecule has 1 heterocycles. The molecule has 27 heavy (non-hydrogen) atoms. The first-order valence-corrected chi connectivity index (χ1v) is 9.84. The third-order valence-corrected chi connectivity index (χ3v) is 5.43.